The van der Waals surface area contributed by atoms with Crippen LogP contribution in [-0.4, -0.2) is 41.9 Å². The molecule has 0 saturated carbocycles. The van der Waals surface area contributed by atoms with Crippen LogP contribution in [0, 0.1) is 12.8 Å². The van der Waals surface area contributed by atoms with Gasteiger partial charge >= 0.3 is 5.97 Å². The Morgan fingerprint density at radius 2 is 1.84 bits per heavy atom. The van der Waals surface area contributed by atoms with E-state index in [2.05, 4.69) is 10.7 Å². The second kappa shape index (κ2) is 9.80. The fourth-order valence-corrected chi connectivity index (χ4v) is 3.25. The van der Waals surface area contributed by atoms with Crippen molar-refractivity contribution in [1.29, 1.82) is 0 Å². The van der Waals surface area contributed by atoms with Crippen molar-refractivity contribution < 1.29 is 23.9 Å². The number of carbonyl (C=O) groups is 4. The average Bonchev–Trinajstić information content (AvgIpc) is 3.10. The van der Waals surface area contributed by atoms with Crippen LogP contribution in [0.3, 0.4) is 0 Å². The van der Waals surface area contributed by atoms with Gasteiger partial charge in [0, 0.05) is 27.7 Å². The van der Waals surface area contributed by atoms with Gasteiger partial charge in [-0.3, -0.25) is 29.6 Å². The number of carbonyl (C=O) groups excluding carboxylic acids is 4. The molecule has 1 atom stereocenters. The monoisotopic (exact) mass is 463 g/mol. The van der Waals surface area contributed by atoms with E-state index in [0.717, 1.165) is 5.01 Å². The van der Waals surface area contributed by atoms with Crippen molar-refractivity contribution in [3.05, 3.63) is 63.6 Å². The first kappa shape index (κ1) is 22.6. The van der Waals surface area contributed by atoms with Gasteiger partial charge in [0.1, 0.15) is 0 Å². The summed E-state index contributed by atoms with van der Waals surface area (Å²) in [6, 6.07) is 11.2. The minimum Gasteiger partial charge on any atom is -0.455 e. The Labute approximate surface area is 188 Å². The SMILES string of the molecule is Cc1c(Cl)cccc1NC(=O)COC(=O)[C@@H]1CC(=O)N(NC(=O)c2ccc(Cl)cc2)C1. The molecule has 10 heteroatoms. The number of nitrogens with zero attached hydrogens (tertiary/aromatic N) is 1. The summed E-state index contributed by atoms with van der Waals surface area (Å²) in [5.41, 5.74) is 3.98. The molecule has 2 aromatic carbocycles. The van der Waals surface area contributed by atoms with Crippen LogP contribution >= 0.6 is 23.2 Å². The number of esters is 1. The number of halogens is 2. The van der Waals surface area contributed by atoms with E-state index in [1.54, 1.807) is 37.3 Å². The third kappa shape index (κ3) is 5.74. The predicted molar refractivity (Wildman–Crippen MR) is 115 cm³/mol. The zero-order chi connectivity index (χ0) is 22.5. The second-order valence-electron chi connectivity index (χ2n) is 6.92. The van der Waals surface area contributed by atoms with E-state index in [-0.39, 0.29) is 13.0 Å². The van der Waals surface area contributed by atoms with Gasteiger partial charge in [0.25, 0.3) is 11.8 Å². The van der Waals surface area contributed by atoms with E-state index >= 15 is 0 Å². The number of anilines is 1. The average molecular weight is 464 g/mol. The van der Waals surface area contributed by atoms with Gasteiger partial charge < -0.3 is 10.1 Å². The van der Waals surface area contributed by atoms with E-state index in [9.17, 15) is 19.2 Å². The van der Waals surface area contributed by atoms with Crippen LogP contribution < -0.4 is 10.7 Å². The number of benzene rings is 2. The molecule has 31 heavy (non-hydrogen) atoms. The van der Waals surface area contributed by atoms with Crippen LogP contribution in [0.1, 0.15) is 22.3 Å². The molecule has 0 radical (unpaired) electrons. The molecule has 0 unspecified atom stereocenters. The Hall–Kier alpha value is -3.10. The predicted octanol–water partition coefficient (Wildman–Crippen LogP) is 2.98. The van der Waals surface area contributed by atoms with E-state index in [4.69, 9.17) is 27.9 Å². The van der Waals surface area contributed by atoms with Gasteiger partial charge in [-0.15, -0.1) is 0 Å². The molecule has 2 N–H and O–H groups in total. The molecule has 1 fully saturated rings. The first-order valence-corrected chi connectivity index (χ1v) is 10.1. The van der Waals surface area contributed by atoms with Crippen molar-refractivity contribution >= 4 is 52.6 Å². The van der Waals surface area contributed by atoms with Crippen molar-refractivity contribution in [3.63, 3.8) is 0 Å². The molecule has 162 valence electrons. The van der Waals surface area contributed by atoms with Crippen LogP contribution in [0.15, 0.2) is 42.5 Å². The number of rotatable bonds is 6. The molecule has 3 amide bonds. The highest BCUT2D eigenvalue weighted by atomic mass is 35.5. The minimum atomic E-state index is -0.793. The van der Waals surface area contributed by atoms with Crippen LogP contribution in [0.4, 0.5) is 5.69 Å². The quantitative estimate of drug-likeness (QED) is 0.640. The largest absolute Gasteiger partial charge is 0.455 e. The maximum Gasteiger partial charge on any atom is 0.311 e. The van der Waals surface area contributed by atoms with Gasteiger partial charge in [-0.2, -0.15) is 0 Å². The fraction of sp³-hybridized carbons (Fsp3) is 0.238. The lowest BCUT2D eigenvalue weighted by atomic mass is 10.1. The molecule has 1 aliphatic heterocycles. The molecule has 0 aliphatic carbocycles. The molecular weight excluding hydrogens is 445 g/mol. The number of amides is 3. The number of nitrogens with one attached hydrogen (secondary N) is 2. The van der Waals surface area contributed by atoms with Gasteiger partial charge in [-0.25, -0.2) is 0 Å². The standard InChI is InChI=1S/C21H19Cl2N3O5/c1-12-16(23)3-2-4-17(12)24-18(27)11-31-21(30)14-9-19(28)26(10-14)25-20(29)13-5-7-15(22)8-6-13/h2-8,14H,9-11H2,1H3,(H,24,27)(H,25,29)/t14-/m1/s1. The molecule has 0 spiro atoms. The number of ether oxygens (including phenoxy) is 1. The summed E-state index contributed by atoms with van der Waals surface area (Å²) in [5.74, 6) is -2.96. The Bertz CT molecular complexity index is 1030. The van der Waals surface area contributed by atoms with Crippen molar-refractivity contribution in [2.45, 2.75) is 13.3 Å². The summed E-state index contributed by atoms with van der Waals surface area (Å²) in [7, 11) is 0. The first-order chi connectivity index (χ1) is 14.7. The van der Waals surface area contributed by atoms with E-state index in [0.29, 0.717) is 26.9 Å². The highest BCUT2D eigenvalue weighted by Gasteiger charge is 2.36. The molecule has 0 aromatic heterocycles. The summed E-state index contributed by atoms with van der Waals surface area (Å²) in [6.45, 7) is 1.19. The van der Waals surface area contributed by atoms with Gasteiger partial charge in [0.2, 0.25) is 5.91 Å². The summed E-state index contributed by atoms with van der Waals surface area (Å²) in [5, 5.41) is 4.66. The number of hydrogen-bond donors (Lipinski definition) is 2. The molecule has 3 rings (SSSR count). The van der Waals surface area contributed by atoms with Gasteiger partial charge in [-0.1, -0.05) is 29.3 Å². The van der Waals surface area contributed by atoms with Crippen molar-refractivity contribution in [3.8, 4) is 0 Å². The zero-order valence-corrected chi connectivity index (χ0v) is 18.0. The summed E-state index contributed by atoms with van der Waals surface area (Å²) < 4.78 is 5.04. The maximum absolute atomic E-state index is 12.3. The van der Waals surface area contributed by atoms with Gasteiger partial charge in [0.15, 0.2) is 6.61 Å². The van der Waals surface area contributed by atoms with Gasteiger partial charge in [0.05, 0.1) is 12.5 Å². The number of hydrogen-bond acceptors (Lipinski definition) is 5. The Kier molecular flexibility index (Phi) is 7.14. The smallest absolute Gasteiger partial charge is 0.311 e. The van der Waals surface area contributed by atoms with Crippen LogP contribution in [0.2, 0.25) is 10.0 Å². The molecule has 1 heterocycles. The molecule has 8 nitrogen and oxygen atoms in total. The molecule has 0 bridgehead atoms. The van der Waals surface area contributed by atoms with Crippen molar-refractivity contribution in [2.24, 2.45) is 5.92 Å². The molecule has 2 aromatic rings. The first-order valence-electron chi connectivity index (χ1n) is 9.33. The lowest BCUT2D eigenvalue weighted by molar-refractivity contribution is -0.151. The Balaban J connectivity index is 1.49. The minimum absolute atomic E-state index is 0.0496. The Morgan fingerprint density at radius 3 is 2.55 bits per heavy atom. The summed E-state index contributed by atoms with van der Waals surface area (Å²) >= 11 is 11.8. The van der Waals surface area contributed by atoms with Crippen LogP contribution in [-0.2, 0) is 19.1 Å². The lowest BCUT2D eigenvalue weighted by Crippen LogP contribution is -2.43. The Morgan fingerprint density at radius 1 is 1.13 bits per heavy atom. The van der Waals surface area contributed by atoms with Gasteiger partial charge in [-0.05, 0) is 48.9 Å². The van der Waals surface area contributed by atoms with Crippen LogP contribution in [0.5, 0.6) is 0 Å². The third-order valence-corrected chi connectivity index (χ3v) is 5.35. The van der Waals surface area contributed by atoms with E-state index in [1.807, 2.05) is 0 Å². The zero-order valence-electron chi connectivity index (χ0n) is 16.5. The van der Waals surface area contributed by atoms with E-state index in [1.165, 1.54) is 12.1 Å². The van der Waals surface area contributed by atoms with Crippen LogP contribution in [0.25, 0.3) is 0 Å². The number of hydrazine groups is 1. The maximum atomic E-state index is 12.3. The molecule has 1 aliphatic rings. The molecule has 1 saturated heterocycles. The van der Waals surface area contributed by atoms with Crippen molar-refractivity contribution in [1.82, 2.24) is 10.4 Å². The molecular formula is C21H19Cl2N3O5. The summed E-state index contributed by atoms with van der Waals surface area (Å²) in [4.78, 5) is 48.7. The summed E-state index contributed by atoms with van der Waals surface area (Å²) in [6.07, 6.45) is -0.130. The topological polar surface area (TPSA) is 105 Å². The normalized spacial score (nSPS) is 15.5. The third-order valence-electron chi connectivity index (χ3n) is 4.69. The highest BCUT2D eigenvalue weighted by Crippen LogP contribution is 2.23. The second-order valence-corrected chi connectivity index (χ2v) is 7.77. The fourth-order valence-electron chi connectivity index (χ4n) is 2.95. The van der Waals surface area contributed by atoms with E-state index < -0.39 is 36.2 Å². The van der Waals surface area contributed by atoms with Crippen molar-refractivity contribution in [2.75, 3.05) is 18.5 Å². The highest BCUT2D eigenvalue weighted by molar-refractivity contribution is 6.31. The lowest BCUT2D eigenvalue weighted by Gasteiger charge is -2.17.